The molecule has 0 N–H and O–H groups in total. The molecule has 3 heterocycles. The lowest BCUT2D eigenvalue weighted by Crippen LogP contribution is -2.38. The number of nitrogens with zero attached hydrogens (tertiary/aromatic N) is 4. The van der Waals surface area contributed by atoms with E-state index in [4.69, 9.17) is 4.74 Å². The lowest BCUT2D eigenvalue weighted by Gasteiger charge is -2.34. The van der Waals surface area contributed by atoms with Gasteiger partial charge in [0.05, 0.1) is 17.2 Å². The van der Waals surface area contributed by atoms with Gasteiger partial charge in [-0.2, -0.15) is 0 Å². The molecule has 0 saturated carbocycles. The Hall–Kier alpha value is -2.68. The monoisotopic (exact) mass is 472 g/mol. The van der Waals surface area contributed by atoms with Crippen molar-refractivity contribution < 1.29 is 17.9 Å². The molecule has 1 fully saturated rings. The van der Waals surface area contributed by atoms with Crippen LogP contribution in [0.2, 0.25) is 0 Å². The van der Waals surface area contributed by atoms with Gasteiger partial charge in [-0.3, -0.25) is 4.90 Å². The summed E-state index contributed by atoms with van der Waals surface area (Å²) < 4.78 is 29.2. The molecule has 0 spiro atoms. The summed E-state index contributed by atoms with van der Waals surface area (Å²) >= 11 is 0. The van der Waals surface area contributed by atoms with E-state index in [9.17, 15) is 13.2 Å². The Bertz CT molecular complexity index is 1100. The summed E-state index contributed by atoms with van der Waals surface area (Å²) in [5, 5.41) is 0. The summed E-state index contributed by atoms with van der Waals surface area (Å²) in [5.74, 6) is 1.53. The second kappa shape index (κ2) is 9.67. The van der Waals surface area contributed by atoms with Gasteiger partial charge in [0.2, 0.25) is 5.95 Å². The molecule has 0 bridgehead atoms. The van der Waals surface area contributed by atoms with Crippen LogP contribution in [-0.4, -0.2) is 57.0 Å². The number of anilines is 2. The molecule has 0 radical (unpaired) electrons. The van der Waals surface area contributed by atoms with Crippen LogP contribution >= 0.6 is 0 Å². The zero-order valence-corrected chi connectivity index (χ0v) is 20.3. The lowest BCUT2D eigenvalue weighted by molar-refractivity contribution is 0.115. The average molecular weight is 473 g/mol. The van der Waals surface area contributed by atoms with Crippen LogP contribution in [0.4, 0.5) is 16.4 Å². The summed E-state index contributed by atoms with van der Waals surface area (Å²) in [4.78, 5) is 25.8. The second-order valence-corrected chi connectivity index (χ2v) is 11.1. The van der Waals surface area contributed by atoms with E-state index in [1.807, 2.05) is 12.4 Å². The van der Waals surface area contributed by atoms with Gasteiger partial charge >= 0.3 is 6.09 Å². The number of rotatable bonds is 6. The maximum Gasteiger partial charge on any atom is 0.414 e. The highest BCUT2D eigenvalue weighted by atomic mass is 32.2. The zero-order valence-electron chi connectivity index (χ0n) is 19.5. The predicted molar refractivity (Wildman–Crippen MR) is 127 cm³/mol. The highest BCUT2D eigenvalue weighted by Gasteiger charge is 2.29. The van der Waals surface area contributed by atoms with Crippen molar-refractivity contribution in [3.05, 3.63) is 41.7 Å². The summed E-state index contributed by atoms with van der Waals surface area (Å²) in [6, 6.07) is 4.91. The fourth-order valence-corrected chi connectivity index (χ4v) is 5.25. The van der Waals surface area contributed by atoms with Crippen molar-refractivity contribution in [1.82, 2.24) is 9.97 Å². The minimum atomic E-state index is -3.27. The normalized spacial score (nSPS) is 17.7. The predicted octanol–water partition coefficient (Wildman–Crippen LogP) is 3.49. The van der Waals surface area contributed by atoms with E-state index in [1.165, 1.54) is 6.26 Å². The third kappa shape index (κ3) is 5.29. The number of ether oxygens (including phenoxy) is 1. The third-order valence-corrected chi connectivity index (χ3v) is 7.90. The molecule has 1 atom stereocenters. The van der Waals surface area contributed by atoms with E-state index in [0.717, 1.165) is 55.1 Å². The molecule has 8 nitrogen and oxygen atoms in total. The molecule has 9 heteroatoms. The number of sulfone groups is 1. The number of piperidine rings is 1. The van der Waals surface area contributed by atoms with Crippen LogP contribution in [0.1, 0.15) is 37.8 Å². The van der Waals surface area contributed by atoms with Gasteiger partial charge in [-0.05, 0) is 66.8 Å². The average Bonchev–Trinajstić information content (AvgIpc) is 3.25. The molecule has 1 aromatic carbocycles. The minimum Gasteiger partial charge on any atom is -0.449 e. The molecule has 2 aromatic rings. The van der Waals surface area contributed by atoms with Gasteiger partial charge < -0.3 is 9.64 Å². The number of amides is 1. The van der Waals surface area contributed by atoms with Crippen LogP contribution < -0.4 is 9.80 Å². The number of hydrogen-bond donors (Lipinski definition) is 0. The maximum absolute atomic E-state index is 12.7. The van der Waals surface area contributed by atoms with Crippen LogP contribution in [0.5, 0.6) is 0 Å². The van der Waals surface area contributed by atoms with Crippen molar-refractivity contribution in [2.75, 3.05) is 42.3 Å². The van der Waals surface area contributed by atoms with Crippen molar-refractivity contribution >= 4 is 27.6 Å². The first kappa shape index (κ1) is 23.5. The summed E-state index contributed by atoms with van der Waals surface area (Å²) in [6.07, 6.45) is 8.21. The molecule has 178 valence electrons. The van der Waals surface area contributed by atoms with E-state index in [0.29, 0.717) is 25.5 Å². The molecule has 1 saturated heterocycles. The first-order valence-corrected chi connectivity index (χ1v) is 13.5. The molecule has 4 rings (SSSR count). The van der Waals surface area contributed by atoms with Crippen LogP contribution in [0, 0.1) is 11.8 Å². The largest absolute Gasteiger partial charge is 0.449 e. The number of carbonyl (C=O) groups excluding carboxylic acids is 1. The van der Waals surface area contributed by atoms with Gasteiger partial charge in [-0.25, -0.2) is 23.2 Å². The first-order valence-electron chi connectivity index (χ1n) is 11.6. The van der Waals surface area contributed by atoms with Gasteiger partial charge in [0, 0.05) is 38.3 Å². The smallest absolute Gasteiger partial charge is 0.414 e. The van der Waals surface area contributed by atoms with Crippen molar-refractivity contribution in [3.8, 4) is 0 Å². The summed E-state index contributed by atoms with van der Waals surface area (Å²) in [7, 11) is -3.27. The van der Waals surface area contributed by atoms with Gasteiger partial charge in [0.1, 0.15) is 0 Å². The number of benzene rings is 1. The number of hydrogen-bond acceptors (Lipinski definition) is 7. The summed E-state index contributed by atoms with van der Waals surface area (Å²) in [5.41, 5.74) is 2.74. The topological polar surface area (TPSA) is 92.7 Å². The molecule has 33 heavy (non-hydrogen) atoms. The van der Waals surface area contributed by atoms with Crippen molar-refractivity contribution in [2.24, 2.45) is 11.8 Å². The maximum atomic E-state index is 12.7. The highest BCUT2D eigenvalue weighted by molar-refractivity contribution is 7.90. The fourth-order valence-electron chi connectivity index (χ4n) is 4.58. The van der Waals surface area contributed by atoms with Gasteiger partial charge in [0.25, 0.3) is 0 Å². The highest BCUT2D eigenvalue weighted by Crippen LogP contribution is 2.31. The van der Waals surface area contributed by atoms with Crippen LogP contribution in [-0.2, 0) is 27.4 Å². The molecule has 2 aliphatic rings. The third-order valence-electron chi connectivity index (χ3n) is 6.79. The number of aromatic nitrogens is 2. The van der Waals surface area contributed by atoms with E-state index in [-0.39, 0.29) is 16.9 Å². The van der Waals surface area contributed by atoms with E-state index < -0.39 is 9.84 Å². The quantitative estimate of drug-likeness (QED) is 0.635. The van der Waals surface area contributed by atoms with Gasteiger partial charge in [-0.15, -0.1) is 0 Å². The fraction of sp³-hybridized carbons (Fsp3) is 0.542. The number of carbonyl (C=O) groups is 1. The molecule has 0 aliphatic carbocycles. The Morgan fingerprint density at radius 3 is 2.52 bits per heavy atom. The van der Waals surface area contributed by atoms with Crippen molar-refractivity contribution in [1.29, 1.82) is 0 Å². The van der Waals surface area contributed by atoms with E-state index in [2.05, 4.69) is 28.7 Å². The molecular weight excluding hydrogens is 440 g/mol. The van der Waals surface area contributed by atoms with Crippen LogP contribution in [0.25, 0.3) is 0 Å². The molecule has 1 unspecified atom stereocenters. The van der Waals surface area contributed by atoms with Gasteiger partial charge in [0.15, 0.2) is 9.84 Å². The van der Waals surface area contributed by atoms with E-state index in [1.54, 1.807) is 23.1 Å². The van der Waals surface area contributed by atoms with Gasteiger partial charge in [-0.1, -0.05) is 13.8 Å². The second-order valence-electron chi connectivity index (χ2n) is 9.09. The minimum absolute atomic E-state index is 0.258. The van der Waals surface area contributed by atoms with Crippen molar-refractivity contribution in [3.63, 3.8) is 0 Å². The Kier molecular flexibility index (Phi) is 6.88. The SMILES string of the molecule is CCc1cnc(N2CCC(C(C)COC(=O)N3CCc4cc(S(C)(=O)=O)ccc43)CC2)nc1. The standard InChI is InChI=1S/C24H32N4O4S/c1-4-18-14-25-23(26-15-18)27-10-7-19(8-11-27)17(2)16-32-24(29)28-12-9-20-13-21(33(3,30)31)5-6-22(20)28/h5-6,13-15,17,19H,4,7-12,16H2,1-3H3. The van der Waals surface area contributed by atoms with Crippen LogP contribution in [0.3, 0.4) is 0 Å². The lowest BCUT2D eigenvalue weighted by atomic mass is 9.86. The Labute approximate surface area is 195 Å². The van der Waals surface area contributed by atoms with Crippen LogP contribution in [0.15, 0.2) is 35.5 Å². The molecular formula is C24H32N4O4S. The molecule has 1 amide bonds. The Morgan fingerprint density at radius 1 is 1.18 bits per heavy atom. The molecule has 2 aliphatic heterocycles. The van der Waals surface area contributed by atoms with E-state index >= 15 is 0 Å². The first-order chi connectivity index (χ1) is 15.8. The van der Waals surface area contributed by atoms with Crippen molar-refractivity contribution in [2.45, 2.75) is 44.4 Å². The number of aryl methyl sites for hydroxylation is 1. The molecule has 1 aromatic heterocycles. The summed E-state index contributed by atoms with van der Waals surface area (Å²) in [6.45, 7) is 6.91. The number of fused-ring (bicyclic) bond motifs is 1. The zero-order chi connectivity index (χ0) is 23.6. The Balaban J connectivity index is 1.27. The Morgan fingerprint density at radius 2 is 1.88 bits per heavy atom.